The molecule has 0 radical (unpaired) electrons. The number of nitrogens with one attached hydrogen (secondary N) is 2. The number of carbonyl (C=O) groups excluding carboxylic acids is 1. The van der Waals surface area contributed by atoms with Crippen molar-refractivity contribution in [2.75, 3.05) is 6.54 Å². The van der Waals surface area contributed by atoms with Crippen molar-refractivity contribution in [2.24, 2.45) is 0 Å². The van der Waals surface area contributed by atoms with Crippen LogP contribution in [0.25, 0.3) is 0 Å². The van der Waals surface area contributed by atoms with E-state index in [1.54, 1.807) is 24.3 Å². The molecule has 0 aliphatic carbocycles. The molecule has 0 unspecified atom stereocenters. The smallest absolute Gasteiger partial charge is 0.241 e. The summed E-state index contributed by atoms with van der Waals surface area (Å²) in [5.41, 5.74) is 1.14. The predicted octanol–water partition coefficient (Wildman–Crippen LogP) is 2.58. The van der Waals surface area contributed by atoms with Gasteiger partial charge in [0.25, 0.3) is 0 Å². The molecule has 25 heavy (non-hydrogen) atoms. The highest BCUT2D eigenvalue weighted by molar-refractivity contribution is 7.89. The summed E-state index contributed by atoms with van der Waals surface area (Å²) in [6.07, 6.45) is 0.656. The first-order valence-corrected chi connectivity index (χ1v) is 9.62. The Labute approximate surface area is 149 Å². The van der Waals surface area contributed by atoms with E-state index < -0.39 is 15.6 Å². The van der Waals surface area contributed by atoms with Crippen molar-refractivity contribution in [3.05, 3.63) is 65.7 Å². The zero-order chi connectivity index (χ0) is 18.5. The third-order valence-electron chi connectivity index (χ3n) is 3.91. The summed E-state index contributed by atoms with van der Waals surface area (Å²) in [5, 5.41) is 2.72. The number of sulfonamides is 1. The van der Waals surface area contributed by atoms with Crippen LogP contribution in [-0.2, 0) is 26.8 Å². The lowest BCUT2D eigenvalue weighted by atomic mass is 9.96. The van der Waals surface area contributed by atoms with Crippen molar-refractivity contribution in [3.63, 3.8) is 0 Å². The molecule has 2 N–H and O–H groups in total. The van der Waals surface area contributed by atoms with E-state index >= 15 is 0 Å². The molecule has 0 heterocycles. The molecule has 0 atom stereocenters. The van der Waals surface area contributed by atoms with E-state index in [-0.39, 0.29) is 10.8 Å². The van der Waals surface area contributed by atoms with Gasteiger partial charge < -0.3 is 5.32 Å². The van der Waals surface area contributed by atoms with Gasteiger partial charge >= 0.3 is 0 Å². The van der Waals surface area contributed by atoms with Crippen molar-refractivity contribution < 1.29 is 13.2 Å². The number of hydrogen-bond donors (Lipinski definition) is 2. The van der Waals surface area contributed by atoms with Gasteiger partial charge in [-0.3, -0.25) is 4.79 Å². The van der Waals surface area contributed by atoms with Gasteiger partial charge in [-0.05, 0) is 43.5 Å². The van der Waals surface area contributed by atoms with E-state index in [1.807, 2.05) is 44.2 Å². The summed E-state index contributed by atoms with van der Waals surface area (Å²) in [6, 6.07) is 16.2. The Balaban J connectivity index is 2.10. The van der Waals surface area contributed by atoms with E-state index in [0.717, 1.165) is 11.1 Å². The highest BCUT2D eigenvalue weighted by Gasteiger charge is 2.27. The third kappa shape index (κ3) is 5.41. The van der Waals surface area contributed by atoms with Gasteiger partial charge in [-0.2, -0.15) is 0 Å². The van der Waals surface area contributed by atoms with Crippen molar-refractivity contribution >= 4 is 15.9 Å². The average molecular weight is 360 g/mol. The maximum Gasteiger partial charge on any atom is 0.241 e. The average Bonchev–Trinajstić information content (AvgIpc) is 2.55. The van der Waals surface area contributed by atoms with Crippen molar-refractivity contribution in [1.82, 2.24) is 10.0 Å². The number of carbonyl (C=O) groups is 1. The van der Waals surface area contributed by atoms with Gasteiger partial charge in [0.15, 0.2) is 0 Å². The van der Waals surface area contributed by atoms with Gasteiger partial charge in [0.2, 0.25) is 15.9 Å². The van der Waals surface area contributed by atoms with Crippen LogP contribution in [0, 0.1) is 0 Å². The Morgan fingerprint density at radius 1 is 1.00 bits per heavy atom. The minimum atomic E-state index is -3.64. The van der Waals surface area contributed by atoms with Crippen LogP contribution in [0.2, 0.25) is 0 Å². The lowest BCUT2D eigenvalue weighted by molar-refractivity contribution is -0.118. The molecule has 134 valence electrons. The van der Waals surface area contributed by atoms with Gasteiger partial charge in [-0.15, -0.1) is 0 Å². The SMILES string of the molecule is CC(=O)NCCc1ccc(S(=O)(=O)NC(C)(C)c2ccccc2)cc1. The quantitative estimate of drug-likeness (QED) is 0.797. The highest BCUT2D eigenvalue weighted by Crippen LogP contribution is 2.23. The fraction of sp³-hybridized carbons (Fsp3) is 0.316. The number of amides is 1. The van der Waals surface area contributed by atoms with Crippen molar-refractivity contribution in [1.29, 1.82) is 0 Å². The van der Waals surface area contributed by atoms with Crippen LogP contribution < -0.4 is 10.0 Å². The molecular weight excluding hydrogens is 336 g/mol. The van der Waals surface area contributed by atoms with Crippen LogP contribution in [0.4, 0.5) is 0 Å². The second kappa shape index (κ2) is 7.80. The van der Waals surface area contributed by atoms with Crippen LogP contribution in [0.5, 0.6) is 0 Å². The van der Waals surface area contributed by atoms with Gasteiger partial charge in [-0.1, -0.05) is 42.5 Å². The lowest BCUT2D eigenvalue weighted by Crippen LogP contribution is -2.40. The van der Waals surface area contributed by atoms with Gasteiger partial charge in [0.1, 0.15) is 0 Å². The molecule has 0 aliphatic rings. The van der Waals surface area contributed by atoms with E-state index in [0.29, 0.717) is 13.0 Å². The minimum Gasteiger partial charge on any atom is -0.356 e. The van der Waals surface area contributed by atoms with E-state index in [2.05, 4.69) is 10.0 Å². The predicted molar refractivity (Wildman–Crippen MR) is 98.6 cm³/mol. The molecule has 6 heteroatoms. The lowest BCUT2D eigenvalue weighted by Gasteiger charge is -2.26. The molecule has 2 rings (SSSR count). The summed E-state index contributed by atoms with van der Waals surface area (Å²) >= 11 is 0. The highest BCUT2D eigenvalue weighted by atomic mass is 32.2. The van der Waals surface area contributed by atoms with Crippen LogP contribution in [0.3, 0.4) is 0 Å². The summed E-state index contributed by atoms with van der Waals surface area (Å²) in [4.78, 5) is 11.1. The number of hydrogen-bond acceptors (Lipinski definition) is 3. The van der Waals surface area contributed by atoms with E-state index in [9.17, 15) is 13.2 Å². The van der Waals surface area contributed by atoms with Gasteiger partial charge in [-0.25, -0.2) is 13.1 Å². The Morgan fingerprint density at radius 3 is 2.16 bits per heavy atom. The molecule has 0 saturated carbocycles. The molecular formula is C19H24N2O3S. The standard InChI is InChI=1S/C19H24N2O3S/c1-15(22)20-14-13-16-9-11-18(12-10-16)25(23,24)21-19(2,3)17-7-5-4-6-8-17/h4-12,21H,13-14H2,1-3H3,(H,20,22). The summed E-state index contributed by atoms with van der Waals surface area (Å²) in [5.74, 6) is -0.0773. The Kier molecular flexibility index (Phi) is 5.98. The zero-order valence-corrected chi connectivity index (χ0v) is 15.6. The van der Waals surface area contributed by atoms with Crippen LogP contribution >= 0.6 is 0 Å². The Morgan fingerprint density at radius 2 is 1.60 bits per heavy atom. The minimum absolute atomic E-state index is 0.0773. The van der Waals surface area contributed by atoms with Crippen molar-refractivity contribution in [2.45, 2.75) is 37.6 Å². The monoisotopic (exact) mass is 360 g/mol. The van der Waals surface area contributed by atoms with E-state index in [1.165, 1.54) is 6.92 Å². The molecule has 5 nitrogen and oxygen atoms in total. The van der Waals surface area contributed by atoms with Gasteiger partial charge in [0, 0.05) is 13.5 Å². The first-order chi connectivity index (χ1) is 11.7. The normalized spacial score (nSPS) is 12.0. The molecule has 1 amide bonds. The first kappa shape index (κ1) is 19.1. The fourth-order valence-corrected chi connectivity index (χ4v) is 3.93. The summed E-state index contributed by atoms with van der Waals surface area (Å²) < 4.78 is 28.1. The molecule has 0 aliphatic heterocycles. The van der Waals surface area contributed by atoms with Crippen molar-refractivity contribution in [3.8, 4) is 0 Å². The maximum absolute atomic E-state index is 12.7. The van der Waals surface area contributed by atoms with E-state index in [4.69, 9.17) is 0 Å². The maximum atomic E-state index is 12.7. The Hall–Kier alpha value is -2.18. The number of rotatable bonds is 7. The number of benzene rings is 2. The Bertz CT molecular complexity index is 814. The first-order valence-electron chi connectivity index (χ1n) is 8.13. The molecule has 0 spiro atoms. The van der Waals surface area contributed by atoms with Crippen LogP contribution in [0.15, 0.2) is 59.5 Å². The van der Waals surface area contributed by atoms with Crippen LogP contribution in [-0.4, -0.2) is 20.9 Å². The van der Waals surface area contributed by atoms with Gasteiger partial charge in [0.05, 0.1) is 10.4 Å². The molecule has 2 aromatic carbocycles. The summed E-state index contributed by atoms with van der Waals surface area (Å²) in [7, 11) is -3.64. The second-order valence-corrected chi connectivity index (χ2v) is 8.16. The third-order valence-corrected chi connectivity index (χ3v) is 5.58. The molecule has 0 saturated heterocycles. The molecule has 0 bridgehead atoms. The van der Waals surface area contributed by atoms with Crippen LogP contribution in [0.1, 0.15) is 31.9 Å². The molecule has 2 aromatic rings. The topological polar surface area (TPSA) is 75.3 Å². The summed E-state index contributed by atoms with van der Waals surface area (Å²) in [6.45, 7) is 5.67. The molecule has 0 aromatic heterocycles. The largest absolute Gasteiger partial charge is 0.356 e. The molecule has 0 fully saturated rings. The second-order valence-electron chi connectivity index (χ2n) is 6.47. The zero-order valence-electron chi connectivity index (χ0n) is 14.7. The fourth-order valence-electron chi connectivity index (χ4n) is 2.53.